The zero-order valence-electron chi connectivity index (χ0n) is 15.3. The van der Waals surface area contributed by atoms with Gasteiger partial charge in [0.05, 0.1) is 6.54 Å². The number of allylic oxidation sites excluding steroid dienone is 1. The number of nitrogens with two attached hydrogens (primary N) is 1. The number of ether oxygens (including phenoxy) is 1. The number of hydrogen-bond acceptors (Lipinski definition) is 3. The Bertz CT molecular complexity index is 672. The first-order chi connectivity index (χ1) is 12.1. The van der Waals surface area contributed by atoms with Gasteiger partial charge < -0.3 is 10.1 Å². The van der Waals surface area contributed by atoms with E-state index in [1.165, 1.54) is 24.8 Å². The first-order valence-electron chi connectivity index (χ1n) is 9.70. The number of nitrogens with zero attached hydrogens (tertiary/aromatic N) is 1. The molecule has 0 radical (unpaired) electrons. The first-order valence-corrected chi connectivity index (χ1v) is 9.70. The van der Waals surface area contributed by atoms with Gasteiger partial charge in [0.1, 0.15) is 18.6 Å². The van der Waals surface area contributed by atoms with Crippen LogP contribution in [0, 0.1) is 23.2 Å². The third-order valence-electron chi connectivity index (χ3n) is 6.63. The summed E-state index contributed by atoms with van der Waals surface area (Å²) >= 11 is 0. The summed E-state index contributed by atoms with van der Waals surface area (Å²) < 4.78 is 5.82. The minimum Gasteiger partial charge on any atom is -0.461 e. The average molecular weight is 341 g/mol. The zero-order chi connectivity index (χ0) is 17.4. The van der Waals surface area contributed by atoms with Crippen molar-refractivity contribution in [1.82, 2.24) is 4.98 Å². The topological polar surface area (TPSA) is 55.8 Å². The molecule has 0 unspecified atom stereocenters. The average Bonchev–Trinajstić information content (AvgIpc) is 2.88. The maximum Gasteiger partial charge on any atom is 0.315 e. The van der Waals surface area contributed by atoms with Crippen molar-refractivity contribution in [3.63, 3.8) is 0 Å². The van der Waals surface area contributed by atoms with Gasteiger partial charge in [-0.05, 0) is 42.7 Å². The summed E-state index contributed by atoms with van der Waals surface area (Å²) in [5, 5.41) is 2.24. The third-order valence-corrected chi connectivity index (χ3v) is 6.63. The highest BCUT2D eigenvalue weighted by Crippen LogP contribution is 2.53. The summed E-state index contributed by atoms with van der Waals surface area (Å²) in [6, 6.07) is 4.06. The molecule has 0 spiro atoms. The Hall–Kier alpha value is -1.68. The molecule has 0 aromatic carbocycles. The normalized spacial score (nSPS) is 37.0. The highest BCUT2D eigenvalue weighted by Gasteiger charge is 2.52. The van der Waals surface area contributed by atoms with E-state index in [-0.39, 0.29) is 29.3 Å². The van der Waals surface area contributed by atoms with E-state index in [1.807, 2.05) is 24.5 Å². The minimum atomic E-state index is -0.00184. The lowest BCUT2D eigenvalue weighted by Gasteiger charge is -2.45. The number of carbonyl (C=O) groups excluding carboxylic acids is 1. The number of pyridine rings is 1. The maximum atomic E-state index is 12.5. The Morgan fingerprint density at radius 1 is 1.36 bits per heavy atom. The summed E-state index contributed by atoms with van der Waals surface area (Å²) in [4.78, 5) is 16.5. The lowest BCUT2D eigenvalue weighted by atomic mass is 9.59. The van der Waals surface area contributed by atoms with E-state index in [4.69, 9.17) is 4.74 Å². The van der Waals surface area contributed by atoms with E-state index < -0.39 is 0 Å². The SMILES string of the molecule is C[C@H]1CCC[C@]2(C)C[C@H]3OC(=O)[C@H](C[NH2+]Cc4ccncc4)[C@H]3C=C12. The maximum absolute atomic E-state index is 12.5. The molecule has 1 aliphatic heterocycles. The molecule has 4 nitrogen and oxygen atoms in total. The van der Waals surface area contributed by atoms with Crippen molar-refractivity contribution in [2.24, 2.45) is 23.2 Å². The van der Waals surface area contributed by atoms with Crippen LogP contribution in [0.1, 0.15) is 45.1 Å². The van der Waals surface area contributed by atoms with Crippen molar-refractivity contribution in [2.75, 3.05) is 6.54 Å². The van der Waals surface area contributed by atoms with Crippen LogP contribution in [0.3, 0.4) is 0 Å². The van der Waals surface area contributed by atoms with Gasteiger partial charge in [-0.25, -0.2) is 0 Å². The molecule has 3 aliphatic rings. The fourth-order valence-corrected chi connectivity index (χ4v) is 5.26. The zero-order valence-corrected chi connectivity index (χ0v) is 15.3. The second kappa shape index (κ2) is 6.56. The van der Waals surface area contributed by atoms with E-state index in [1.54, 1.807) is 5.57 Å². The van der Waals surface area contributed by atoms with E-state index in [0.29, 0.717) is 5.92 Å². The monoisotopic (exact) mass is 341 g/mol. The second-order valence-electron chi connectivity index (χ2n) is 8.42. The molecule has 4 heteroatoms. The van der Waals surface area contributed by atoms with Gasteiger partial charge in [0, 0.05) is 23.9 Å². The molecule has 0 bridgehead atoms. The van der Waals surface area contributed by atoms with Gasteiger partial charge in [-0.1, -0.05) is 31.9 Å². The number of rotatable bonds is 4. The summed E-state index contributed by atoms with van der Waals surface area (Å²) in [5.41, 5.74) is 3.08. The molecule has 5 atom stereocenters. The predicted molar refractivity (Wildman–Crippen MR) is 95.4 cm³/mol. The molecule has 1 saturated heterocycles. The van der Waals surface area contributed by atoms with Crippen molar-refractivity contribution in [1.29, 1.82) is 0 Å². The Morgan fingerprint density at radius 2 is 2.16 bits per heavy atom. The largest absolute Gasteiger partial charge is 0.461 e. The molecular weight excluding hydrogens is 312 g/mol. The van der Waals surface area contributed by atoms with E-state index >= 15 is 0 Å². The summed E-state index contributed by atoms with van der Waals surface area (Å²) in [7, 11) is 0. The van der Waals surface area contributed by atoms with Crippen LogP contribution in [-0.4, -0.2) is 23.6 Å². The fourth-order valence-electron chi connectivity index (χ4n) is 5.26. The number of fused-ring (bicyclic) bond motifs is 2. The number of hydrogen-bond donors (Lipinski definition) is 1. The smallest absolute Gasteiger partial charge is 0.315 e. The highest BCUT2D eigenvalue weighted by molar-refractivity contribution is 5.76. The van der Waals surface area contributed by atoms with Gasteiger partial charge in [0.15, 0.2) is 0 Å². The van der Waals surface area contributed by atoms with Crippen LogP contribution >= 0.6 is 0 Å². The summed E-state index contributed by atoms with van der Waals surface area (Å²) in [6.07, 6.45) is 11.0. The molecule has 4 rings (SSSR count). The molecule has 2 fully saturated rings. The van der Waals surface area contributed by atoms with Gasteiger partial charge in [-0.3, -0.25) is 9.78 Å². The molecule has 2 N–H and O–H groups in total. The van der Waals surface area contributed by atoms with Crippen LogP contribution in [0.4, 0.5) is 0 Å². The van der Waals surface area contributed by atoms with Gasteiger partial charge in [-0.15, -0.1) is 0 Å². The van der Waals surface area contributed by atoms with Crippen LogP contribution in [0.25, 0.3) is 0 Å². The van der Waals surface area contributed by atoms with Gasteiger partial charge >= 0.3 is 5.97 Å². The Kier molecular flexibility index (Phi) is 4.40. The predicted octanol–water partition coefficient (Wildman–Crippen LogP) is 2.46. The molecular formula is C21H29N2O2+. The fraction of sp³-hybridized carbons (Fsp3) is 0.619. The van der Waals surface area contributed by atoms with Crippen molar-refractivity contribution in [3.8, 4) is 0 Å². The van der Waals surface area contributed by atoms with Crippen molar-refractivity contribution < 1.29 is 14.8 Å². The van der Waals surface area contributed by atoms with Crippen molar-refractivity contribution in [2.45, 2.75) is 52.2 Å². The standard InChI is InChI=1S/C21H28N2O2/c1-14-4-3-7-21(2)11-19-16(10-18(14)21)17(20(24)25-19)13-23-12-15-5-8-22-9-6-15/h5-6,8-10,14,16-17,19,23H,3-4,7,11-13H2,1-2H3/p+1/t14-,16+,17+,19+,21+/m0/s1. The molecule has 2 heterocycles. The molecule has 1 aromatic heterocycles. The Morgan fingerprint density at radius 3 is 2.96 bits per heavy atom. The molecule has 1 aromatic rings. The van der Waals surface area contributed by atoms with Gasteiger partial charge in [0.25, 0.3) is 0 Å². The molecule has 0 amide bonds. The lowest BCUT2D eigenvalue weighted by Crippen LogP contribution is -2.84. The first kappa shape index (κ1) is 16.8. The second-order valence-corrected chi connectivity index (χ2v) is 8.42. The van der Waals surface area contributed by atoms with E-state index in [9.17, 15) is 4.79 Å². The molecule has 134 valence electrons. The minimum absolute atomic E-state index is 0.00184. The third kappa shape index (κ3) is 3.12. The Balaban J connectivity index is 1.47. The summed E-state index contributed by atoms with van der Waals surface area (Å²) in [6.45, 7) is 6.42. The van der Waals surface area contributed by atoms with Gasteiger partial charge in [0.2, 0.25) is 0 Å². The Labute approximate surface area is 150 Å². The number of carbonyl (C=O) groups is 1. The molecule has 1 saturated carbocycles. The number of quaternary nitrogens is 1. The highest BCUT2D eigenvalue weighted by atomic mass is 16.6. The van der Waals surface area contributed by atoms with Crippen LogP contribution in [0.5, 0.6) is 0 Å². The van der Waals surface area contributed by atoms with Crippen LogP contribution < -0.4 is 5.32 Å². The molecule has 2 aliphatic carbocycles. The summed E-state index contributed by atoms with van der Waals surface area (Å²) in [5.74, 6) is 0.924. The van der Waals surface area contributed by atoms with E-state index in [0.717, 1.165) is 19.5 Å². The van der Waals surface area contributed by atoms with Crippen LogP contribution in [-0.2, 0) is 16.1 Å². The van der Waals surface area contributed by atoms with E-state index in [2.05, 4.69) is 30.2 Å². The molecule has 25 heavy (non-hydrogen) atoms. The van der Waals surface area contributed by atoms with Crippen LogP contribution in [0.15, 0.2) is 36.2 Å². The van der Waals surface area contributed by atoms with Gasteiger partial charge in [-0.2, -0.15) is 0 Å². The number of esters is 1. The number of aromatic nitrogens is 1. The van der Waals surface area contributed by atoms with Crippen LogP contribution in [0.2, 0.25) is 0 Å². The van der Waals surface area contributed by atoms with Crippen molar-refractivity contribution in [3.05, 3.63) is 41.7 Å². The quantitative estimate of drug-likeness (QED) is 0.676. The lowest BCUT2D eigenvalue weighted by molar-refractivity contribution is -0.674. The van der Waals surface area contributed by atoms with Crippen molar-refractivity contribution >= 4 is 5.97 Å².